The second-order valence-corrected chi connectivity index (χ2v) is 8.79. The van der Waals surface area contributed by atoms with Crippen molar-refractivity contribution in [2.45, 2.75) is 53.0 Å². The van der Waals surface area contributed by atoms with Crippen molar-refractivity contribution in [2.75, 3.05) is 42.9 Å². The van der Waals surface area contributed by atoms with E-state index in [4.69, 9.17) is 9.97 Å². The topological polar surface area (TPSA) is 66.3 Å². The van der Waals surface area contributed by atoms with Crippen molar-refractivity contribution in [2.24, 2.45) is 0 Å². The lowest BCUT2D eigenvalue weighted by atomic mass is 10.1. The molecule has 0 amide bonds. The number of carbonyl (C=O) groups is 1. The predicted molar refractivity (Wildman–Crippen MR) is 136 cm³/mol. The SMILES string of the molecule is CCN(CC)c1ccc2nc(Nc3ccc(C(C)=O)cc3)n(CCCN3CCCCC3)c2n1. The summed E-state index contributed by atoms with van der Waals surface area (Å²) in [5.74, 6) is 1.85. The quantitative estimate of drug-likeness (QED) is 0.435. The molecule has 0 spiro atoms. The third-order valence-corrected chi connectivity index (χ3v) is 6.52. The maximum Gasteiger partial charge on any atom is 0.209 e. The van der Waals surface area contributed by atoms with Crippen LogP contribution in [0.5, 0.6) is 0 Å². The van der Waals surface area contributed by atoms with E-state index in [1.165, 1.54) is 32.4 Å². The Bertz CT molecular complexity index is 1060. The molecule has 0 atom stereocenters. The highest BCUT2D eigenvalue weighted by molar-refractivity contribution is 5.94. The Labute approximate surface area is 196 Å². The first-order valence-electron chi connectivity index (χ1n) is 12.3. The van der Waals surface area contributed by atoms with E-state index in [-0.39, 0.29) is 5.78 Å². The van der Waals surface area contributed by atoms with Crippen LogP contribution in [0.15, 0.2) is 36.4 Å². The standard InChI is InChI=1S/C26H36N6O/c1-4-31(5-2)24-15-14-23-25(29-24)32(19-9-18-30-16-7-6-8-17-30)26(28-23)27-22-12-10-21(11-13-22)20(3)33/h10-15H,4-9,16-19H2,1-3H3,(H,27,28). The molecule has 3 aromatic rings. The number of likely N-dealkylation sites (tertiary alicyclic amines) is 1. The molecule has 1 fully saturated rings. The van der Waals surface area contributed by atoms with Crippen LogP contribution in [0.2, 0.25) is 0 Å². The number of hydrogen-bond donors (Lipinski definition) is 1. The molecule has 0 radical (unpaired) electrons. The minimum absolute atomic E-state index is 0.0691. The molecule has 0 unspecified atom stereocenters. The van der Waals surface area contributed by atoms with Gasteiger partial charge in [-0.25, -0.2) is 9.97 Å². The van der Waals surface area contributed by atoms with Crippen LogP contribution in [0, 0.1) is 0 Å². The Morgan fingerprint density at radius 1 is 0.970 bits per heavy atom. The molecule has 1 N–H and O–H groups in total. The summed E-state index contributed by atoms with van der Waals surface area (Å²) in [7, 11) is 0. The van der Waals surface area contributed by atoms with Gasteiger partial charge >= 0.3 is 0 Å². The van der Waals surface area contributed by atoms with Crippen LogP contribution < -0.4 is 10.2 Å². The number of anilines is 3. The summed E-state index contributed by atoms with van der Waals surface area (Å²) in [6.07, 6.45) is 5.04. The van der Waals surface area contributed by atoms with Crippen molar-refractivity contribution < 1.29 is 4.79 Å². The van der Waals surface area contributed by atoms with E-state index in [1.54, 1.807) is 6.92 Å². The summed E-state index contributed by atoms with van der Waals surface area (Å²) in [4.78, 5) is 26.3. The number of Topliss-reactive ketones (excluding diaryl/α,β-unsaturated/α-hetero) is 1. The van der Waals surface area contributed by atoms with Crippen molar-refractivity contribution in [1.29, 1.82) is 0 Å². The zero-order chi connectivity index (χ0) is 23.2. The highest BCUT2D eigenvalue weighted by Gasteiger charge is 2.16. The number of piperidine rings is 1. The van der Waals surface area contributed by atoms with Gasteiger partial charge in [0, 0.05) is 30.9 Å². The van der Waals surface area contributed by atoms with Crippen LogP contribution in [-0.2, 0) is 6.54 Å². The van der Waals surface area contributed by atoms with E-state index in [0.29, 0.717) is 5.56 Å². The number of benzene rings is 1. The number of fused-ring (bicyclic) bond motifs is 1. The zero-order valence-corrected chi connectivity index (χ0v) is 20.2. The number of imidazole rings is 1. The average Bonchev–Trinajstić information content (AvgIpc) is 3.17. The number of carbonyl (C=O) groups excluding carboxylic acids is 1. The Balaban J connectivity index is 1.61. The van der Waals surface area contributed by atoms with Gasteiger partial charge in [-0.15, -0.1) is 0 Å². The number of nitrogens with one attached hydrogen (secondary N) is 1. The third-order valence-electron chi connectivity index (χ3n) is 6.52. The second kappa shape index (κ2) is 10.8. The van der Waals surface area contributed by atoms with Gasteiger partial charge in [-0.3, -0.25) is 9.36 Å². The van der Waals surface area contributed by atoms with Gasteiger partial charge in [0.25, 0.3) is 0 Å². The van der Waals surface area contributed by atoms with E-state index in [0.717, 1.165) is 61.2 Å². The van der Waals surface area contributed by atoms with E-state index in [1.807, 2.05) is 24.3 Å². The lowest BCUT2D eigenvalue weighted by Gasteiger charge is -2.26. The molecule has 4 rings (SSSR count). The number of rotatable bonds is 10. The number of nitrogens with zero attached hydrogens (tertiary/aromatic N) is 5. The number of ketones is 1. The fourth-order valence-corrected chi connectivity index (χ4v) is 4.58. The maximum absolute atomic E-state index is 11.6. The van der Waals surface area contributed by atoms with E-state index >= 15 is 0 Å². The summed E-state index contributed by atoms with van der Waals surface area (Å²) in [5, 5.41) is 3.47. The lowest BCUT2D eigenvalue weighted by molar-refractivity contribution is 0.101. The van der Waals surface area contributed by atoms with Gasteiger partial charge in [0.15, 0.2) is 11.4 Å². The predicted octanol–water partition coefficient (Wildman–Crippen LogP) is 5.10. The van der Waals surface area contributed by atoms with Gasteiger partial charge in [0.05, 0.1) is 0 Å². The highest BCUT2D eigenvalue weighted by Crippen LogP contribution is 2.25. The summed E-state index contributed by atoms with van der Waals surface area (Å²) >= 11 is 0. The van der Waals surface area contributed by atoms with Crippen molar-refractivity contribution in [3.8, 4) is 0 Å². The van der Waals surface area contributed by atoms with Gasteiger partial charge < -0.3 is 15.1 Å². The fraction of sp³-hybridized carbons (Fsp3) is 0.500. The highest BCUT2D eigenvalue weighted by atomic mass is 16.1. The van der Waals surface area contributed by atoms with Gasteiger partial charge in [-0.2, -0.15) is 0 Å². The lowest BCUT2D eigenvalue weighted by Crippen LogP contribution is -2.31. The third kappa shape index (κ3) is 5.53. The van der Waals surface area contributed by atoms with Crippen molar-refractivity contribution in [3.05, 3.63) is 42.0 Å². The molecule has 2 aromatic heterocycles. The molecule has 0 bridgehead atoms. The molecule has 0 aliphatic carbocycles. The first-order chi connectivity index (χ1) is 16.1. The minimum Gasteiger partial charge on any atom is -0.357 e. The molecule has 33 heavy (non-hydrogen) atoms. The van der Waals surface area contributed by atoms with Crippen LogP contribution in [0.4, 0.5) is 17.5 Å². The van der Waals surface area contributed by atoms with E-state index in [9.17, 15) is 4.79 Å². The second-order valence-electron chi connectivity index (χ2n) is 8.79. The first-order valence-corrected chi connectivity index (χ1v) is 12.3. The van der Waals surface area contributed by atoms with E-state index < -0.39 is 0 Å². The monoisotopic (exact) mass is 448 g/mol. The molecule has 176 valence electrons. The Hall–Kier alpha value is -2.93. The van der Waals surface area contributed by atoms with Crippen LogP contribution >= 0.6 is 0 Å². The zero-order valence-electron chi connectivity index (χ0n) is 20.2. The summed E-state index contributed by atoms with van der Waals surface area (Å²) in [6, 6.07) is 11.7. The molecule has 1 aromatic carbocycles. The van der Waals surface area contributed by atoms with Crippen LogP contribution in [0.3, 0.4) is 0 Å². The number of pyridine rings is 1. The Morgan fingerprint density at radius 3 is 2.36 bits per heavy atom. The molecular weight excluding hydrogens is 412 g/mol. The fourth-order valence-electron chi connectivity index (χ4n) is 4.58. The van der Waals surface area contributed by atoms with Gasteiger partial charge in [-0.05, 0) is 96.1 Å². The van der Waals surface area contributed by atoms with Crippen LogP contribution in [0.1, 0.15) is 56.8 Å². The van der Waals surface area contributed by atoms with E-state index in [2.05, 4.69) is 45.7 Å². The molecule has 7 heteroatoms. The molecule has 1 aliphatic rings. The molecule has 3 heterocycles. The number of aryl methyl sites for hydroxylation is 1. The molecule has 1 aliphatic heterocycles. The summed E-state index contributed by atoms with van der Waals surface area (Å²) in [6.45, 7) is 12.1. The molecule has 7 nitrogen and oxygen atoms in total. The largest absolute Gasteiger partial charge is 0.357 e. The molecule has 1 saturated heterocycles. The number of hydrogen-bond acceptors (Lipinski definition) is 6. The van der Waals surface area contributed by atoms with Crippen LogP contribution in [0.25, 0.3) is 11.2 Å². The molecule has 0 saturated carbocycles. The molecular formula is C26H36N6O. The van der Waals surface area contributed by atoms with Gasteiger partial charge in [-0.1, -0.05) is 6.42 Å². The van der Waals surface area contributed by atoms with Gasteiger partial charge in [0.2, 0.25) is 5.95 Å². The van der Waals surface area contributed by atoms with Crippen molar-refractivity contribution in [1.82, 2.24) is 19.4 Å². The summed E-state index contributed by atoms with van der Waals surface area (Å²) in [5.41, 5.74) is 3.44. The smallest absolute Gasteiger partial charge is 0.209 e. The Kier molecular flexibility index (Phi) is 7.60. The van der Waals surface area contributed by atoms with Gasteiger partial charge in [0.1, 0.15) is 11.3 Å². The van der Waals surface area contributed by atoms with Crippen LogP contribution in [-0.4, -0.2) is 57.9 Å². The maximum atomic E-state index is 11.6. The summed E-state index contributed by atoms with van der Waals surface area (Å²) < 4.78 is 2.21. The van der Waals surface area contributed by atoms with Crippen molar-refractivity contribution in [3.63, 3.8) is 0 Å². The minimum atomic E-state index is 0.0691. The average molecular weight is 449 g/mol. The normalized spacial score (nSPS) is 14.5. The number of aromatic nitrogens is 3. The Morgan fingerprint density at radius 2 is 1.70 bits per heavy atom. The van der Waals surface area contributed by atoms with Crippen molar-refractivity contribution >= 4 is 34.4 Å². The first kappa shape index (κ1) is 23.2.